The lowest BCUT2D eigenvalue weighted by atomic mass is 9.99. The van der Waals surface area contributed by atoms with Crippen LogP contribution in [0.2, 0.25) is 0 Å². The first-order chi connectivity index (χ1) is 21.0. The normalized spacial score (nSPS) is 11.4. The average Bonchev–Trinajstić information content (AvgIpc) is 3.36. The highest BCUT2D eigenvalue weighted by Gasteiger charge is 2.26. The number of carbonyl (C=O) groups excluding carboxylic acids is 1. The van der Waals surface area contributed by atoms with E-state index >= 15 is 0 Å². The maximum atomic E-state index is 14.9. The van der Waals surface area contributed by atoms with Crippen molar-refractivity contribution in [3.63, 3.8) is 0 Å². The lowest BCUT2D eigenvalue weighted by Crippen LogP contribution is -2.24. The molecule has 3 aromatic carbocycles. The first-order valence-corrected chi connectivity index (χ1v) is 15.5. The minimum absolute atomic E-state index is 0. The first kappa shape index (κ1) is 34.0. The van der Waals surface area contributed by atoms with E-state index in [0.29, 0.717) is 23.3 Å². The molecule has 9 heteroatoms. The molecule has 0 atom stereocenters. The largest absolute Gasteiger partial charge is 0.491 e. The molecule has 0 unspecified atom stereocenters. The molecule has 2 heterocycles. The van der Waals surface area contributed by atoms with Gasteiger partial charge in [-0.15, -0.1) is 23.7 Å². The van der Waals surface area contributed by atoms with Gasteiger partial charge in [-0.1, -0.05) is 50.2 Å². The molecule has 0 saturated heterocycles. The van der Waals surface area contributed by atoms with Crippen LogP contribution in [0.4, 0.5) is 8.78 Å². The topological polar surface area (TPSA) is 51.5 Å². The zero-order valence-electron chi connectivity index (χ0n) is 26.0. The highest BCUT2D eigenvalue weighted by Crippen LogP contribution is 2.39. The summed E-state index contributed by atoms with van der Waals surface area (Å²) in [5.74, 6) is -1.39. The predicted octanol–water partition coefficient (Wildman–Crippen LogP) is 8.74. The molecule has 0 N–H and O–H groups in total. The maximum absolute atomic E-state index is 14.9. The summed E-state index contributed by atoms with van der Waals surface area (Å²) >= 11 is 1.38. The van der Waals surface area contributed by atoms with Gasteiger partial charge in [0.1, 0.15) is 22.2 Å². The van der Waals surface area contributed by atoms with Crippen LogP contribution < -0.4 is 10.2 Å². The van der Waals surface area contributed by atoms with E-state index in [1.54, 1.807) is 18.4 Å². The molecule has 0 amide bonds. The summed E-state index contributed by atoms with van der Waals surface area (Å²) in [5, 5.41) is 0.399. The Balaban J connectivity index is 0.00000461. The van der Waals surface area contributed by atoms with Gasteiger partial charge in [-0.3, -0.25) is 14.5 Å². The van der Waals surface area contributed by atoms with Gasteiger partial charge < -0.3 is 9.30 Å². The van der Waals surface area contributed by atoms with E-state index in [-0.39, 0.29) is 47.4 Å². The van der Waals surface area contributed by atoms with Crippen molar-refractivity contribution in [3.8, 4) is 16.2 Å². The molecular weight excluding hydrogens is 614 g/mol. The Morgan fingerprint density at radius 3 is 2.13 bits per heavy atom. The molecule has 0 spiro atoms. The zero-order valence-corrected chi connectivity index (χ0v) is 27.6. The quantitative estimate of drug-likeness (QED) is 0.134. The Hall–Kier alpha value is -3.85. The van der Waals surface area contributed by atoms with Gasteiger partial charge in [-0.05, 0) is 74.0 Å². The number of aromatic nitrogens is 1. The Kier molecular flexibility index (Phi) is 11.0. The molecule has 0 aliphatic carbocycles. The maximum Gasteiger partial charge on any atom is 0.201 e. The third-order valence-electron chi connectivity index (χ3n) is 7.40. The number of benzene rings is 3. The van der Waals surface area contributed by atoms with Gasteiger partial charge in [0.05, 0.1) is 23.6 Å². The molecule has 0 aliphatic heterocycles. The lowest BCUT2D eigenvalue weighted by Gasteiger charge is -2.18. The SMILES string of the molecule is CC(C)Oc1ccc(-c2sc3c(c2CN(C)Cc2ccccc2)c(=O)c(C(=O)C(C)C)cn3Cc2c(F)cccc2F)cc1.Cl. The molecule has 5 rings (SSSR count). The van der Waals surface area contributed by atoms with Gasteiger partial charge in [0.25, 0.3) is 0 Å². The van der Waals surface area contributed by atoms with Gasteiger partial charge in [0.2, 0.25) is 5.43 Å². The number of fused-ring (bicyclic) bond motifs is 1. The highest BCUT2D eigenvalue weighted by atomic mass is 35.5. The molecule has 236 valence electrons. The first-order valence-electron chi connectivity index (χ1n) is 14.7. The van der Waals surface area contributed by atoms with Gasteiger partial charge in [0, 0.05) is 35.6 Å². The predicted molar refractivity (Wildman–Crippen MR) is 181 cm³/mol. The van der Waals surface area contributed by atoms with Crippen LogP contribution in [0.25, 0.3) is 20.7 Å². The fourth-order valence-corrected chi connectivity index (χ4v) is 6.61. The van der Waals surface area contributed by atoms with Gasteiger partial charge in [-0.2, -0.15) is 0 Å². The van der Waals surface area contributed by atoms with E-state index in [1.165, 1.54) is 35.7 Å². The minimum Gasteiger partial charge on any atom is -0.491 e. The second-order valence-corrected chi connectivity index (χ2v) is 12.7. The highest BCUT2D eigenvalue weighted by molar-refractivity contribution is 7.22. The average molecular weight is 651 g/mol. The van der Waals surface area contributed by atoms with Crippen LogP contribution in [0.5, 0.6) is 5.75 Å². The van der Waals surface area contributed by atoms with Gasteiger partial charge in [0.15, 0.2) is 5.78 Å². The van der Waals surface area contributed by atoms with Crippen LogP contribution in [-0.4, -0.2) is 28.4 Å². The van der Waals surface area contributed by atoms with Gasteiger partial charge in [-0.25, -0.2) is 8.78 Å². The van der Waals surface area contributed by atoms with Crippen molar-refractivity contribution in [1.82, 2.24) is 9.47 Å². The molecule has 0 bridgehead atoms. The Bertz CT molecular complexity index is 1830. The van der Waals surface area contributed by atoms with Crippen molar-refractivity contribution < 1.29 is 18.3 Å². The van der Waals surface area contributed by atoms with E-state index in [9.17, 15) is 18.4 Å². The van der Waals surface area contributed by atoms with Crippen LogP contribution in [0.3, 0.4) is 0 Å². The smallest absolute Gasteiger partial charge is 0.201 e. The lowest BCUT2D eigenvalue weighted by molar-refractivity contribution is 0.0937. The summed E-state index contributed by atoms with van der Waals surface area (Å²) in [5.41, 5.74) is 2.29. The Morgan fingerprint density at radius 1 is 0.889 bits per heavy atom. The van der Waals surface area contributed by atoms with Crippen molar-refractivity contribution >= 4 is 39.7 Å². The monoisotopic (exact) mass is 650 g/mol. The van der Waals surface area contributed by atoms with E-state index in [4.69, 9.17) is 4.74 Å². The standard InChI is InChI=1S/C36H36F2N2O3S.ClH/c1-22(2)33(41)29-21-40(20-27-30(37)12-9-13-31(27)38)36-32(34(29)42)28(19-39(5)18-24-10-7-6-8-11-24)35(44-36)25-14-16-26(17-15-25)43-23(3)4;/h6-17,21-23H,18-20H2,1-5H3;1H. The number of hydrogen-bond donors (Lipinski definition) is 0. The number of halogens is 3. The summed E-state index contributed by atoms with van der Waals surface area (Å²) in [6, 6.07) is 21.5. The second-order valence-electron chi connectivity index (χ2n) is 11.7. The number of pyridine rings is 1. The third-order valence-corrected chi connectivity index (χ3v) is 8.72. The van der Waals surface area contributed by atoms with Crippen molar-refractivity contribution in [3.05, 3.63) is 123 Å². The van der Waals surface area contributed by atoms with E-state index in [1.807, 2.05) is 75.5 Å². The molecule has 0 saturated carbocycles. The van der Waals surface area contributed by atoms with E-state index < -0.39 is 17.6 Å². The molecule has 2 aromatic heterocycles. The number of hydrogen-bond acceptors (Lipinski definition) is 5. The number of thiophene rings is 1. The fourth-order valence-electron chi connectivity index (χ4n) is 5.32. The summed E-state index contributed by atoms with van der Waals surface area (Å²) in [7, 11) is 1.98. The molecule has 5 aromatic rings. The number of ketones is 1. The molecule has 0 aliphatic rings. The minimum atomic E-state index is -0.686. The summed E-state index contributed by atoms with van der Waals surface area (Å²) in [6.45, 7) is 8.28. The van der Waals surface area contributed by atoms with Crippen LogP contribution in [0.1, 0.15) is 54.7 Å². The number of Topliss-reactive ketones (excluding diaryl/α,β-unsaturated/α-hetero) is 1. The molecule has 0 fully saturated rings. The number of rotatable bonds is 11. The Labute approximate surface area is 272 Å². The molecular formula is C36H37ClF2N2O3S. The van der Waals surface area contributed by atoms with E-state index in [0.717, 1.165) is 27.3 Å². The van der Waals surface area contributed by atoms with Crippen molar-refractivity contribution in [2.24, 2.45) is 5.92 Å². The van der Waals surface area contributed by atoms with Gasteiger partial charge >= 0.3 is 0 Å². The van der Waals surface area contributed by atoms with Crippen molar-refractivity contribution in [2.75, 3.05) is 7.05 Å². The fraction of sp³-hybridized carbons (Fsp3) is 0.278. The number of carbonyl (C=O) groups is 1. The number of nitrogens with zero attached hydrogens (tertiary/aromatic N) is 2. The summed E-state index contributed by atoms with van der Waals surface area (Å²) < 4.78 is 37.2. The van der Waals surface area contributed by atoms with Crippen LogP contribution >= 0.6 is 23.7 Å². The van der Waals surface area contributed by atoms with Crippen molar-refractivity contribution in [2.45, 2.75) is 53.4 Å². The van der Waals surface area contributed by atoms with Crippen molar-refractivity contribution in [1.29, 1.82) is 0 Å². The molecule has 45 heavy (non-hydrogen) atoms. The molecule has 5 nitrogen and oxygen atoms in total. The Morgan fingerprint density at radius 2 is 1.53 bits per heavy atom. The van der Waals surface area contributed by atoms with E-state index in [2.05, 4.69) is 4.90 Å². The number of ether oxygens (including phenoxy) is 1. The summed E-state index contributed by atoms with van der Waals surface area (Å²) in [4.78, 5) is 31.0. The van der Waals surface area contributed by atoms with Crippen LogP contribution in [-0.2, 0) is 19.6 Å². The van der Waals surface area contributed by atoms with Crippen LogP contribution in [0, 0.1) is 17.6 Å². The van der Waals surface area contributed by atoms with Crippen LogP contribution in [0.15, 0.2) is 83.8 Å². The zero-order chi connectivity index (χ0) is 31.5. The summed E-state index contributed by atoms with van der Waals surface area (Å²) in [6.07, 6.45) is 1.49. The third kappa shape index (κ3) is 7.52. The second kappa shape index (κ2) is 14.5. The molecule has 0 radical (unpaired) electrons.